The lowest BCUT2D eigenvalue weighted by Gasteiger charge is -2.32. The Morgan fingerprint density at radius 2 is 1.15 bits per heavy atom. The second-order valence-corrected chi connectivity index (χ2v) is 17.8. The fourth-order valence-electron chi connectivity index (χ4n) is 7.23. The number of likely N-dealkylation sites (tertiary alicyclic amines) is 1. The SMILES string of the molecule is CC(C)C[C@H](NC(=O)[C@@H](NC(=O)[C@@H](NC(=O)[C@H](CCC(=O)O)NC(=O)[C@@H]1CCCN1C(=O)[C@H](CC(C)C)NC(=O)[C@H](CCCCN)NC(=O)[C@@H](N)CCCN=C(N)N)[C@@H](C)O)[C@@H](C)O)C(=O)O. The Morgan fingerprint density at radius 1 is 0.642 bits per heavy atom. The summed E-state index contributed by atoms with van der Waals surface area (Å²) in [7, 11) is 0. The van der Waals surface area contributed by atoms with Gasteiger partial charge in [0.2, 0.25) is 41.4 Å². The third-order valence-corrected chi connectivity index (χ3v) is 10.8. The molecule has 25 heteroatoms. The zero-order chi connectivity index (χ0) is 51.1. The predicted molar refractivity (Wildman–Crippen MR) is 244 cm³/mol. The van der Waals surface area contributed by atoms with E-state index in [0.29, 0.717) is 32.2 Å². The first-order chi connectivity index (χ1) is 31.3. The first-order valence-corrected chi connectivity index (χ1v) is 22.7. The van der Waals surface area contributed by atoms with Crippen LogP contribution in [-0.2, 0) is 43.2 Å². The Hall–Kier alpha value is -5.66. The van der Waals surface area contributed by atoms with Crippen LogP contribution in [0.25, 0.3) is 0 Å². The van der Waals surface area contributed by atoms with Gasteiger partial charge in [0, 0.05) is 19.5 Å². The number of carboxylic acid groups (broad SMARTS) is 2. The molecule has 0 bridgehead atoms. The maximum Gasteiger partial charge on any atom is 0.326 e. The minimum absolute atomic E-state index is 0.0260. The van der Waals surface area contributed by atoms with Crippen LogP contribution in [0.15, 0.2) is 4.99 Å². The van der Waals surface area contributed by atoms with Gasteiger partial charge in [-0.2, -0.15) is 0 Å². The average Bonchev–Trinajstić information content (AvgIpc) is 3.73. The van der Waals surface area contributed by atoms with Gasteiger partial charge in [-0.3, -0.25) is 43.3 Å². The number of nitrogens with zero attached hydrogens (tertiary/aromatic N) is 2. The number of guanidine groups is 1. The second kappa shape index (κ2) is 29.9. The summed E-state index contributed by atoms with van der Waals surface area (Å²) >= 11 is 0. The van der Waals surface area contributed by atoms with E-state index in [1.807, 2.05) is 13.8 Å². The summed E-state index contributed by atoms with van der Waals surface area (Å²) in [5.74, 6) is -9.23. The zero-order valence-electron chi connectivity index (χ0n) is 39.5. The Labute approximate surface area is 391 Å². The number of hydrogen-bond donors (Lipinski definition) is 14. The van der Waals surface area contributed by atoms with E-state index in [1.165, 1.54) is 4.90 Å². The molecular weight excluding hydrogens is 881 g/mol. The van der Waals surface area contributed by atoms with E-state index in [9.17, 15) is 63.6 Å². The van der Waals surface area contributed by atoms with Crippen LogP contribution < -0.4 is 54.8 Å². The molecule has 1 rings (SSSR count). The van der Waals surface area contributed by atoms with Gasteiger partial charge in [-0.15, -0.1) is 0 Å². The Morgan fingerprint density at radius 3 is 1.67 bits per heavy atom. The number of aliphatic carboxylic acids is 2. The van der Waals surface area contributed by atoms with E-state index in [0.717, 1.165) is 13.8 Å². The van der Waals surface area contributed by atoms with Crippen molar-refractivity contribution >= 4 is 59.2 Å². The van der Waals surface area contributed by atoms with Crippen molar-refractivity contribution in [3.8, 4) is 0 Å². The molecule has 0 spiro atoms. The monoisotopic (exact) mass is 957 g/mol. The van der Waals surface area contributed by atoms with Crippen LogP contribution in [0.3, 0.4) is 0 Å². The van der Waals surface area contributed by atoms with Crippen molar-refractivity contribution in [3.05, 3.63) is 0 Å². The molecule has 7 amide bonds. The zero-order valence-corrected chi connectivity index (χ0v) is 39.5. The number of carboxylic acids is 2. The molecule has 0 radical (unpaired) electrons. The van der Waals surface area contributed by atoms with Gasteiger partial charge in [-0.25, -0.2) is 4.79 Å². The minimum Gasteiger partial charge on any atom is -0.481 e. The van der Waals surface area contributed by atoms with Gasteiger partial charge >= 0.3 is 11.9 Å². The largest absolute Gasteiger partial charge is 0.481 e. The van der Waals surface area contributed by atoms with Crippen molar-refractivity contribution in [2.24, 2.45) is 39.8 Å². The number of aliphatic hydroxyl groups is 2. The fourth-order valence-corrected chi connectivity index (χ4v) is 7.23. The minimum atomic E-state index is -1.84. The number of carbonyl (C=O) groups is 9. The number of nitrogens with one attached hydrogen (secondary N) is 6. The highest BCUT2D eigenvalue weighted by atomic mass is 16.4. The molecule has 10 atom stereocenters. The van der Waals surface area contributed by atoms with Crippen LogP contribution in [0, 0.1) is 11.8 Å². The van der Waals surface area contributed by atoms with Crippen LogP contribution in [0.1, 0.15) is 112 Å². The quantitative estimate of drug-likeness (QED) is 0.0180. The summed E-state index contributed by atoms with van der Waals surface area (Å²) in [6.07, 6.45) is -2.00. The molecule has 1 aliphatic heterocycles. The van der Waals surface area contributed by atoms with Crippen molar-refractivity contribution in [1.82, 2.24) is 36.8 Å². The van der Waals surface area contributed by atoms with E-state index >= 15 is 0 Å². The van der Waals surface area contributed by atoms with Gasteiger partial charge in [0.15, 0.2) is 5.96 Å². The molecule has 0 saturated carbocycles. The first-order valence-electron chi connectivity index (χ1n) is 22.7. The maximum absolute atomic E-state index is 14.3. The van der Waals surface area contributed by atoms with E-state index in [4.69, 9.17) is 22.9 Å². The lowest BCUT2D eigenvalue weighted by atomic mass is 10.0. The summed E-state index contributed by atoms with van der Waals surface area (Å²) in [5, 5.41) is 54.6. The van der Waals surface area contributed by atoms with Gasteiger partial charge in [-0.05, 0) is 96.4 Å². The van der Waals surface area contributed by atoms with Gasteiger partial charge in [0.1, 0.15) is 42.3 Å². The number of carbonyl (C=O) groups excluding carboxylic acids is 7. The molecule has 18 N–H and O–H groups in total. The molecule has 1 aliphatic rings. The van der Waals surface area contributed by atoms with Gasteiger partial charge < -0.3 is 80.2 Å². The van der Waals surface area contributed by atoms with Crippen molar-refractivity contribution in [3.63, 3.8) is 0 Å². The van der Waals surface area contributed by atoms with Crippen LogP contribution in [-0.4, -0.2) is 165 Å². The summed E-state index contributed by atoms with van der Waals surface area (Å²) < 4.78 is 0. The number of amides is 7. The molecular formula is C42H76N12O13. The highest BCUT2D eigenvalue weighted by Crippen LogP contribution is 2.21. The molecule has 1 heterocycles. The highest BCUT2D eigenvalue weighted by Gasteiger charge is 2.41. The Kier molecular flexibility index (Phi) is 26.5. The van der Waals surface area contributed by atoms with Crippen molar-refractivity contribution in [1.29, 1.82) is 0 Å². The number of unbranched alkanes of at least 4 members (excludes halogenated alkanes) is 1. The predicted octanol–water partition coefficient (Wildman–Crippen LogP) is -3.80. The van der Waals surface area contributed by atoms with Crippen LogP contribution in [0.2, 0.25) is 0 Å². The number of aliphatic imine (C=N–C) groups is 1. The van der Waals surface area contributed by atoms with Crippen LogP contribution >= 0.6 is 0 Å². The average molecular weight is 957 g/mol. The van der Waals surface area contributed by atoms with E-state index in [-0.39, 0.29) is 63.0 Å². The maximum atomic E-state index is 14.3. The molecule has 25 nitrogen and oxygen atoms in total. The van der Waals surface area contributed by atoms with E-state index in [1.54, 1.807) is 13.8 Å². The molecule has 1 saturated heterocycles. The standard InChI is InChI=1S/C42H76N12O13/c1-21(2)19-28(50-35(60)26(12-7-8-16-43)48-34(59)25(44)11-9-17-47-42(45)46)40(65)54-18-10-13-30(54)37(62)49-27(14-15-31(57)58)36(61)52-33(24(6)56)39(64)53-32(23(5)55)38(63)51-29(41(66)67)20-22(3)4/h21-30,32-33,55-56H,7-20,43-44H2,1-6H3,(H,48,59)(H,49,62)(H,50,60)(H,51,63)(H,52,61)(H,53,64)(H,57,58)(H,66,67)(H4,45,46,47)/t23-,24-,25+,26+,27+,28+,29+,30+,32+,33+/m1/s1. The van der Waals surface area contributed by atoms with Crippen LogP contribution in [0.5, 0.6) is 0 Å². The summed E-state index contributed by atoms with van der Waals surface area (Å²) in [5.41, 5.74) is 22.5. The van der Waals surface area contributed by atoms with E-state index in [2.05, 4.69) is 36.9 Å². The first kappa shape index (κ1) is 59.4. The van der Waals surface area contributed by atoms with Crippen molar-refractivity contribution in [2.75, 3.05) is 19.6 Å². The number of nitrogens with two attached hydrogens (primary N) is 4. The van der Waals surface area contributed by atoms with Gasteiger partial charge in [0.05, 0.1) is 18.2 Å². The Balaban J connectivity index is 3.32. The van der Waals surface area contributed by atoms with Crippen LogP contribution in [0.4, 0.5) is 0 Å². The molecule has 1 fully saturated rings. The fraction of sp³-hybridized carbons (Fsp3) is 0.762. The number of hydrogen-bond acceptors (Lipinski definition) is 14. The van der Waals surface area contributed by atoms with E-state index < -0.39 is 127 Å². The lowest BCUT2D eigenvalue weighted by molar-refractivity contribution is -0.144. The van der Waals surface area contributed by atoms with Crippen molar-refractivity contribution in [2.45, 2.75) is 173 Å². The number of rotatable bonds is 31. The lowest BCUT2D eigenvalue weighted by Crippen LogP contribution is -2.62. The third-order valence-electron chi connectivity index (χ3n) is 10.8. The van der Waals surface area contributed by atoms with Gasteiger partial charge in [-0.1, -0.05) is 27.7 Å². The third kappa shape index (κ3) is 21.7. The second-order valence-electron chi connectivity index (χ2n) is 17.8. The normalized spacial score (nSPS) is 17.6. The molecule has 0 aromatic heterocycles. The molecule has 0 aromatic rings. The van der Waals surface area contributed by atoms with Gasteiger partial charge in [0.25, 0.3) is 0 Å². The molecule has 67 heavy (non-hydrogen) atoms. The van der Waals surface area contributed by atoms with Crippen molar-refractivity contribution < 1.29 is 63.6 Å². The summed E-state index contributed by atoms with van der Waals surface area (Å²) in [6, 6.07) is -11.0. The molecule has 382 valence electrons. The highest BCUT2D eigenvalue weighted by molar-refractivity contribution is 5.98. The molecule has 0 aliphatic carbocycles. The summed E-state index contributed by atoms with van der Waals surface area (Å²) in [4.78, 5) is 124. The Bertz CT molecular complexity index is 1710. The topological polar surface area (TPSA) is 426 Å². The molecule has 0 unspecified atom stereocenters. The number of aliphatic hydroxyl groups excluding tert-OH is 2. The summed E-state index contributed by atoms with van der Waals surface area (Å²) in [6.45, 7) is 9.99. The smallest absolute Gasteiger partial charge is 0.326 e. The molecule has 0 aromatic carbocycles.